The van der Waals surface area contributed by atoms with Gasteiger partial charge in [-0.05, 0) is 24.3 Å². The summed E-state index contributed by atoms with van der Waals surface area (Å²) in [5.74, 6) is -0.433. The van der Waals surface area contributed by atoms with Crippen LogP contribution in [0.3, 0.4) is 0 Å². The molecule has 2 aromatic carbocycles. The van der Waals surface area contributed by atoms with Crippen LogP contribution in [-0.2, 0) is 0 Å². The quantitative estimate of drug-likeness (QED) is 0.673. The lowest BCUT2D eigenvalue weighted by atomic mass is 10.2. The van der Waals surface area contributed by atoms with Gasteiger partial charge in [0.1, 0.15) is 10.8 Å². The molecule has 2 nitrogen and oxygen atoms in total. The molecule has 0 aliphatic carbocycles. The van der Waals surface area contributed by atoms with Crippen LogP contribution in [0.5, 0.6) is 0 Å². The summed E-state index contributed by atoms with van der Waals surface area (Å²) >= 11 is 7.50. The topological polar surface area (TPSA) is 38.9 Å². The Balaban J connectivity index is 2.26. The molecular weight excluding hydrogens is 271 g/mol. The summed E-state index contributed by atoms with van der Waals surface area (Å²) in [5, 5.41) is 1.32. The maximum Gasteiger partial charge on any atom is 0.146 e. The lowest BCUT2D eigenvalue weighted by Crippen LogP contribution is -1.93. The average molecular weight is 279 g/mol. The molecule has 2 N–H and O–H groups in total. The number of rotatable bonds is 1. The van der Waals surface area contributed by atoms with Gasteiger partial charge in [0.25, 0.3) is 0 Å². The minimum Gasteiger partial charge on any atom is -0.396 e. The molecule has 0 bridgehead atoms. The Hall–Kier alpha value is -1.65. The standard InChI is InChI=1S/C13H8ClFN2S/c14-8-4-2-6-10-12(8)18-13(17-10)7-3-1-5-9(15)11(7)16/h1-6H,16H2. The second-order valence-electron chi connectivity index (χ2n) is 3.81. The number of benzene rings is 2. The maximum atomic E-state index is 13.4. The molecule has 18 heavy (non-hydrogen) atoms. The molecule has 0 amide bonds. The van der Waals surface area contributed by atoms with Gasteiger partial charge < -0.3 is 5.73 Å². The zero-order valence-electron chi connectivity index (χ0n) is 9.15. The van der Waals surface area contributed by atoms with Crippen LogP contribution in [0, 0.1) is 5.82 Å². The molecule has 0 saturated carbocycles. The highest BCUT2D eigenvalue weighted by Gasteiger charge is 2.12. The summed E-state index contributed by atoms with van der Waals surface area (Å²) in [6, 6.07) is 10.2. The van der Waals surface area contributed by atoms with E-state index in [1.807, 2.05) is 12.1 Å². The van der Waals surface area contributed by atoms with Crippen LogP contribution in [0.25, 0.3) is 20.8 Å². The molecule has 0 aliphatic heterocycles. The number of thiazole rings is 1. The third-order valence-corrected chi connectivity index (χ3v) is 4.22. The van der Waals surface area contributed by atoms with Crippen molar-refractivity contribution >= 4 is 38.8 Å². The van der Waals surface area contributed by atoms with Crippen molar-refractivity contribution in [3.63, 3.8) is 0 Å². The summed E-state index contributed by atoms with van der Waals surface area (Å²) in [5.41, 5.74) is 7.25. The molecule has 1 aromatic heterocycles. The largest absolute Gasteiger partial charge is 0.396 e. The van der Waals surface area contributed by atoms with Gasteiger partial charge in [-0.2, -0.15) is 0 Å². The Morgan fingerprint density at radius 3 is 2.72 bits per heavy atom. The monoisotopic (exact) mass is 278 g/mol. The van der Waals surface area contributed by atoms with E-state index in [1.54, 1.807) is 18.2 Å². The van der Waals surface area contributed by atoms with E-state index in [-0.39, 0.29) is 5.69 Å². The van der Waals surface area contributed by atoms with E-state index < -0.39 is 5.82 Å². The fraction of sp³-hybridized carbons (Fsp3) is 0. The van der Waals surface area contributed by atoms with Crippen molar-refractivity contribution in [2.75, 3.05) is 5.73 Å². The van der Waals surface area contributed by atoms with Gasteiger partial charge >= 0.3 is 0 Å². The number of nitrogens with two attached hydrogens (primary N) is 1. The van der Waals surface area contributed by atoms with Gasteiger partial charge in [-0.3, -0.25) is 0 Å². The highest BCUT2D eigenvalue weighted by molar-refractivity contribution is 7.22. The molecule has 0 radical (unpaired) electrons. The van der Waals surface area contributed by atoms with E-state index in [0.29, 0.717) is 15.6 Å². The number of anilines is 1. The van der Waals surface area contributed by atoms with Crippen molar-refractivity contribution in [1.29, 1.82) is 0 Å². The van der Waals surface area contributed by atoms with Crippen LogP contribution in [0.1, 0.15) is 0 Å². The molecule has 0 spiro atoms. The Labute approximate surface area is 112 Å². The molecule has 0 aliphatic rings. The fourth-order valence-electron chi connectivity index (χ4n) is 1.75. The van der Waals surface area contributed by atoms with Crippen molar-refractivity contribution in [2.24, 2.45) is 0 Å². The molecule has 5 heteroatoms. The molecule has 3 aromatic rings. The van der Waals surface area contributed by atoms with Crippen LogP contribution < -0.4 is 5.73 Å². The van der Waals surface area contributed by atoms with Gasteiger partial charge in [0, 0.05) is 5.56 Å². The summed E-state index contributed by atoms with van der Waals surface area (Å²) in [4.78, 5) is 4.43. The summed E-state index contributed by atoms with van der Waals surface area (Å²) in [7, 11) is 0. The first-order valence-electron chi connectivity index (χ1n) is 5.26. The molecule has 0 fully saturated rings. The van der Waals surface area contributed by atoms with E-state index in [9.17, 15) is 4.39 Å². The predicted molar refractivity (Wildman–Crippen MR) is 74.4 cm³/mol. The first-order valence-corrected chi connectivity index (χ1v) is 6.45. The number of nitrogens with zero attached hydrogens (tertiary/aromatic N) is 1. The maximum absolute atomic E-state index is 13.4. The zero-order valence-corrected chi connectivity index (χ0v) is 10.7. The van der Waals surface area contributed by atoms with Crippen molar-refractivity contribution in [3.8, 4) is 10.6 Å². The summed E-state index contributed by atoms with van der Waals surface area (Å²) in [6.07, 6.45) is 0. The van der Waals surface area contributed by atoms with E-state index in [2.05, 4.69) is 4.98 Å². The smallest absolute Gasteiger partial charge is 0.146 e. The molecular formula is C13H8ClFN2S. The van der Waals surface area contributed by atoms with E-state index >= 15 is 0 Å². The van der Waals surface area contributed by atoms with E-state index in [0.717, 1.165) is 10.2 Å². The van der Waals surface area contributed by atoms with E-state index in [4.69, 9.17) is 17.3 Å². The van der Waals surface area contributed by atoms with Crippen molar-refractivity contribution in [1.82, 2.24) is 4.98 Å². The number of aromatic nitrogens is 1. The summed E-state index contributed by atoms with van der Waals surface area (Å²) < 4.78 is 14.3. The number of fused-ring (bicyclic) bond motifs is 1. The van der Waals surface area contributed by atoms with Gasteiger partial charge in [-0.15, -0.1) is 11.3 Å². The molecule has 90 valence electrons. The first kappa shape index (κ1) is 11.4. The van der Waals surface area contributed by atoms with Crippen LogP contribution in [0.4, 0.5) is 10.1 Å². The molecule has 0 atom stereocenters. The minimum atomic E-state index is -0.433. The Morgan fingerprint density at radius 2 is 1.94 bits per heavy atom. The number of halogens is 2. The van der Waals surface area contributed by atoms with Crippen molar-refractivity contribution in [2.45, 2.75) is 0 Å². The van der Waals surface area contributed by atoms with Gasteiger partial charge in [0.15, 0.2) is 0 Å². The van der Waals surface area contributed by atoms with Gasteiger partial charge in [0.05, 0.1) is 20.9 Å². The van der Waals surface area contributed by atoms with Crippen LogP contribution in [-0.4, -0.2) is 4.98 Å². The molecule has 3 rings (SSSR count). The van der Waals surface area contributed by atoms with Gasteiger partial charge in [0.2, 0.25) is 0 Å². The SMILES string of the molecule is Nc1c(F)cccc1-c1nc2cccc(Cl)c2s1. The highest BCUT2D eigenvalue weighted by atomic mass is 35.5. The molecule has 1 heterocycles. The van der Waals surface area contributed by atoms with Crippen molar-refractivity contribution < 1.29 is 4.39 Å². The third kappa shape index (κ3) is 1.74. The minimum absolute atomic E-state index is 0.118. The number of nitrogen functional groups attached to an aromatic ring is 1. The summed E-state index contributed by atoms with van der Waals surface area (Å²) in [6.45, 7) is 0. The fourth-order valence-corrected chi connectivity index (χ4v) is 3.05. The van der Waals surface area contributed by atoms with Crippen LogP contribution >= 0.6 is 22.9 Å². The zero-order chi connectivity index (χ0) is 12.7. The lowest BCUT2D eigenvalue weighted by Gasteiger charge is -2.01. The van der Waals surface area contributed by atoms with Gasteiger partial charge in [-0.1, -0.05) is 23.7 Å². The Kier molecular flexibility index (Phi) is 2.69. The molecule has 0 saturated heterocycles. The van der Waals surface area contributed by atoms with Crippen molar-refractivity contribution in [3.05, 3.63) is 47.2 Å². The lowest BCUT2D eigenvalue weighted by molar-refractivity contribution is 0.633. The second kappa shape index (κ2) is 4.23. The number of para-hydroxylation sites is 1. The third-order valence-electron chi connectivity index (χ3n) is 2.65. The van der Waals surface area contributed by atoms with Gasteiger partial charge in [-0.25, -0.2) is 9.37 Å². The predicted octanol–water partition coefficient (Wildman–Crippen LogP) is 4.34. The number of hydrogen-bond acceptors (Lipinski definition) is 3. The van der Waals surface area contributed by atoms with Crippen LogP contribution in [0.15, 0.2) is 36.4 Å². The van der Waals surface area contributed by atoms with E-state index in [1.165, 1.54) is 17.4 Å². The Morgan fingerprint density at radius 1 is 1.17 bits per heavy atom. The number of hydrogen-bond donors (Lipinski definition) is 1. The van der Waals surface area contributed by atoms with Crippen LogP contribution in [0.2, 0.25) is 5.02 Å². The molecule has 0 unspecified atom stereocenters. The highest BCUT2D eigenvalue weighted by Crippen LogP contribution is 2.37. The normalized spacial score (nSPS) is 11.0. The Bertz CT molecular complexity index is 739. The average Bonchev–Trinajstić information content (AvgIpc) is 2.78. The first-order chi connectivity index (χ1) is 8.66. The second-order valence-corrected chi connectivity index (χ2v) is 5.21.